The molecule has 2 rings (SSSR count). The van der Waals surface area contributed by atoms with Crippen molar-refractivity contribution in [1.82, 2.24) is 10.3 Å². The van der Waals surface area contributed by atoms with Crippen molar-refractivity contribution in [2.45, 2.75) is 6.42 Å². The number of aromatic nitrogens is 1. The first-order chi connectivity index (χ1) is 8.79. The summed E-state index contributed by atoms with van der Waals surface area (Å²) in [5, 5.41) is 7.35. The lowest BCUT2D eigenvalue weighted by molar-refractivity contribution is 0.215. The fourth-order valence-electron chi connectivity index (χ4n) is 1.79. The maximum atomic E-state index is 5.94. The number of hydrogen-bond donors (Lipinski definition) is 1. The maximum Gasteiger partial charge on any atom is 0.138 e. The summed E-state index contributed by atoms with van der Waals surface area (Å²) in [5.74, 6) is 1.26. The molecule has 0 unspecified atom stereocenters. The molecule has 0 bridgehead atoms. The highest BCUT2D eigenvalue weighted by Gasteiger charge is 2.15. The van der Waals surface area contributed by atoms with Gasteiger partial charge in [-0.05, 0) is 19.0 Å². The van der Waals surface area contributed by atoms with E-state index in [1.807, 2.05) is 0 Å². The summed E-state index contributed by atoms with van der Waals surface area (Å²) in [6.45, 7) is 2.77. The van der Waals surface area contributed by atoms with Crippen molar-refractivity contribution >= 4 is 17.8 Å². The van der Waals surface area contributed by atoms with Crippen LogP contribution in [0, 0.1) is 5.92 Å². The van der Waals surface area contributed by atoms with Gasteiger partial charge in [0, 0.05) is 18.0 Å². The smallest absolute Gasteiger partial charge is 0.138 e. The Hall–Kier alpha value is -1.33. The minimum absolute atomic E-state index is 0.380. The van der Waals surface area contributed by atoms with E-state index in [1.165, 1.54) is 13.3 Å². The Balaban J connectivity index is 1.97. The van der Waals surface area contributed by atoms with Gasteiger partial charge in [-0.25, -0.2) is 4.98 Å². The number of pyridine rings is 1. The molecule has 0 aromatic carbocycles. The molecule has 1 saturated heterocycles. The summed E-state index contributed by atoms with van der Waals surface area (Å²) in [4.78, 5) is 8.67. The van der Waals surface area contributed by atoms with Crippen LogP contribution < -0.4 is 10.1 Å². The molecule has 5 nitrogen and oxygen atoms in total. The largest absolute Gasteiger partial charge is 0.492 e. The zero-order valence-electron chi connectivity index (χ0n) is 10.2. The van der Waals surface area contributed by atoms with E-state index in [4.69, 9.17) is 16.3 Å². The number of nitrogens with zero attached hydrogens (tertiary/aromatic N) is 2. The van der Waals surface area contributed by atoms with Gasteiger partial charge in [0.1, 0.15) is 18.0 Å². The number of oxime groups is 1. The molecular weight excluding hydrogens is 254 g/mol. The third-order valence-electron chi connectivity index (χ3n) is 2.79. The lowest BCUT2D eigenvalue weighted by Crippen LogP contribution is -2.15. The van der Waals surface area contributed by atoms with Crippen LogP contribution in [0.4, 0.5) is 0 Å². The van der Waals surface area contributed by atoms with Crippen molar-refractivity contribution in [3.8, 4) is 5.75 Å². The number of rotatable bonds is 5. The van der Waals surface area contributed by atoms with Crippen molar-refractivity contribution in [2.75, 3.05) is 26.8 Å². The Labute approximate surface area is 111 Å². The monoisotopic (exact) mass is 269 g/mol. The summed E-state index contributed by atoms with van der Waals surface area (Å²) < 4.78 is 5.70. The van der Waals surface area contributed by atoms with Gasteiger partial charge in [-0.2, -0.15) is 0 Å². The SMILES string of the molecule is CO/N=C/c1cc(OC[C@H]2CCNC2)cnc1Cl. The van der Waals surface area contributed by atoms with Gasteiger partial charge in [0.05, 0.1) is 19.0 Å². The molecule has 1 aliphatic heterocycles. The van der Waals surface area contributed by atoms with Crippen molar-refractivity contribution in [2.24, 2.45) is 11.1 Å². The molecule has 1 fully saturated rings. The Morgan fingerprint density at radius 2 is 2.56 bits per heavy atom. The van der Waals surface area contributed by atoms with E-state index in [2.05, 4.69) is 20.3 Å². The van der Waals surface area contributed by atoms with Gasteiger partial charge in [0.15, 0.2) is 0 Å². The van der Waals surface area contributed by atoms with Crippen LogP contribution in [0.3, 0.4) is 0 Å². The molecule has 1 aromatic heterocycles. The number of halogens is 1. The van der Waals surface area contributed by atoms with Gasteiger partial charge >= 0.3 is 0 Å². The Bertz CT molecular complexity index is 420. The molecule has 2 heterocycles. The highest BCUT2D eigenvalue weighted by molar-refractivity contribution is 6.31. The first-order valence-electron chi connectivity index (χ1n) is 5.85. The zero-order valence-corrected chi connectivity index (χ0v) is 11.0. The summed E-state index contributed by atoms with van der Waals surface area (Å²) in [7, 11) is 1.48. The number of hydrogen-bond acceptors (Lipinski definition) is 5. The molecule has 98 valence electrons. The summed E-state index contributed by atoms with van der Waals surface area (Å²) in [6.07, 6.45) is 4.28. The Kier molecular flexibility index (Phi) is 4.78. The third kappa shape index (κ3) is 3.58. The Morgan fingerprint density at radius 1 is 1.67 bits per heavy atom. The number of nitrogens with one attached hydrogen (secondary N) is 1. The lowest BCUT2D eigenvalue weighted by atomic mass is 10.1. The first-order valence-corrected chi connectivity index (χ1v) is 6.23. The predicted molar refractivity (Wildman–Crippen MR) is 70.3 cm³/mol. The minimum atomic E-state index is 0.380. The van der Waals surface area contributed by atoms with Gasteiger partial charge in [-0.15, -0.1) is 0 Å². The molecule has 1 aliphatic rings. The van der Waals surface area contributed by atoms with Crippen molar-refractivity contribution in [3.63, 3.8) is 0 Å². The lowest BCUT2D eigenvalue weighted by Gasteiger charge is -2.11. The maximum absolute atomic E-state index is 5.94. The van der Waals surface area contributed by atoms with Crippen LogP contribution in [0.1, 0.15) is 12.0 Å². The molecule has 0 radical (unpaired) electrons. The zero-order chi connectivity index (χ0) is 12.8. The number of ether oxygens (including phenoxy) is 1. The van der Waals surface area contributed by atoms with E-state index in [0.29, 0.717) is 29.0 Å². The normalized spacial score (nSPS) is 19.3. The van der Waals surface area contributed by atoms with Crippen molar-refractivity contribution < 1.29 is 9.57 Å². The first kappa shape index (κ1) is 13.1. The molecule has 1 aromatic rings. The quantitative estimate of drug-likeness (QED) is 0.502. The highest BCUT2D eigenvalue weighted by Crippen LogP contribution is 2.19. The van der Waals surface area contributed by atoms with Gasteiger partial charge in [0.2, 0.25) is 0 Å². The van der Waals surface area contributed by atoms with Crippen LogP contribution in [-0.2, 0) is 4.84 Å². The van der Waals surface area contributed by atoms with Crippen LogP contribution in [0.2, 0.25) is 5.15 Å². The van der Waals surface area contributed by atoms with E-state index in [0.717, 1.165) is 19.5 Å². The molecule has 0 amide bonds. The standard InChI is InChI=1S/C12H16ClN3O2/c1-17-16-6-10-4-11(7-15-12(10)13)18-8-9-2-3-14-5-9/h4,6-7,9,14H,2-3,5,8H2,1H3/b16-6+/t9-/m0/s1. The molecule has 6 heteroatoms. The van der Waals surface area contributed by atoms with Crippen LogP contribution in [0.15, 0.2) is 17.4 Å². The summed E-state index contributed by atoms with van der Waals surface area (Å²) in [5.41, 5.74) is 0.681. The van der Waals surface area contributed by atoms with Crippen LogP contribution >= 0.6 is 11.6 Å². The van der Waals surface area contributed by atoms with Gasteiger partial charge in [-0.1, -0.05) is 16.8 Å². The van der Waals surface area contributed by atoms with Crippen LogP contribution in [-0.4, -0.2) is 38.0 Å². The second-order valence-electron chi connectivity index (χ2n) is 4.14. The average Bonchev–Trinajstić information content (AvgIpc) is 2.89. The second kappa shape index (κ2) is 6.56. The topological polar surface area (TPSA) is 55.7 Å². The van der Waals surface area contributed by atoms with Crippen molar-refractivity contribution in [1.29, 1.82) is 0 Å². The van der Waals surface area contributed by atoms with E-state index in [9.17, 15) is 0 Å². The van der Waals surface area contributed by atoms with Crippen LogP contribution in [0.25, 0.3) is 0 Å². The fourth-order valence-corrected chi connectivity index (χ4v) is 1.95. The minimum Gasteiger partial charge on any atom is -0.492 e. The predicted octanol–water partition coefficient (Wildman–Crippen LogP) is 1.70. The molecule has 18 heavy (non-hydrogen) atoms. The van der Waals surface area contributed by atoms with Gasteiger partial charge in [-0.3, -0.25) is 0 Å². The fraction of sp³-hybridized carbons (Fsp3) is 0.500. The van der Waals surface area contributed by atoms with E-state index in [1.54, 1.807) is 12.3 Å². The van der Waals surface area contributed by atoms with Crippen LogP contribution in [0.5, 0.6) is 5.75 Å². The van der Waals surface area contributed by atoms with E-state index in [-0.39, 0.29) is 0 Å². The third-order valence-corrected chi connectivity index (χ3v) is 3.10. The molecule has 0 saturated carbocycles. The molecule has 0 aliphatic carbocycles. The van der Waals surface area contributed by atoms with Crippen molar-refractivity contribution in [3.05, 3.63) is 23.0 Å². The highest BCUT2D eigenvalue weighted by atomic mass is 35.5. The second-order valence-corrected chi connectivity index (χ2v) is 4.50. The average molecular weight is 270 g/mol. The molecule has 0 spiro atoms. The molecule has 1 atom stereocenters. The summed E-state index contributed by atoms with van der Waals surface area (Å²) >= 11 is 5.94. The molecular formula is C12H16ClN3O2. The van der Waals surface area contributed by atoms with E-state index >= 15 is 0 Å². The van der Waals surface area contributed by atoms with Gasteiger partial charge < -0.3 is 14.9 Å². The Morgan fingerprint density at radius 3 is 3.28 bits per heavy atom. The van der Waals surface area contributed by atoms with E-state index < -0.39 is 0 Å². The molecule has 1 N–H and O–H groups in total. The summed E-state index contributed by atoms with van der Waals surface area (Å²) in [6, 6.07) is 1.81. The van der Waals surface area contributed by atoms with Gasteiger partial charge in [0.25, 0.3) is 0 Å².